The fraction of sp³-hybridized carbons (Fsp3) is 1.00. The molecule has 1 nitrogen and oxygen atoms in total. The second-order valence-electron chi connectivity index (χ2n) is 3.39. The van der Waals surface area contributed by atoms with Crippen LogP contribution in [0.3, 0.4) is 0 Å². The van der Waals surface area contributed by atoms with Gasteiger partial charge < -0.3 is 5.40 Å². The molecular weight excluding hydrogens is 142 g/mol. The van der Waals surface area contributed by atoms with E-state index in [1.807, 2.05) is 0 Å². The van der Waals surface area contributed by atoms with Crippen LogP contribution in [-0.4, -0.2) is 17.5 Å². The second-order valence-corrected chi connectivity index (χ2v) is 12.1. The van der Waals surface area contributed by atoms with Gasteiger partial charge in [0, 0.05) is 8.31 Å². The fourth-order valence-corrected chi connectivity index (χ4v) is 7.21. The molecule has 0 radical (unpaired) electrons. The first-order valence-corrected chi connectivity index (χ1v) is 9.21. The Morgan fingerprint density at radius 2 is 1.44 bits per heavy atom. The van der Waals surface area contributed by atoms with E-state index in [0.29, 0.717) is 0 Å². The zero-order chi connectivity index (χ0) is 7.44. The molecule has 0 unspecified atom stereocenters. The van der Waals surface area contributed by atoms with Crippen molar-refractivity contribution in [3.05, 3.63) is 0 Å². The van der Waals surface area contributed by atoms with Crippen LogP contribution in [0.4, 0.5) is 0 Å². The molecule has 0 aliphatic carbocycles. The predicted molar refractivity (Wildman–Crippen MR) is 50.1 cm³/mol. The van der Waals surface area contributed by atoms with Gasteiger partial charge in [-0.3, -0.25) is 0 Å². The molecule has 0 aromatic rings. The lowest BCUT2D eigenvalue weighted by Gasteiger charge is -2.19. The number of nitrogens with two attached hydrogens (primary N) is 1. The van der Waals surface area contributed by atoms with E-state index in [4.69, 9.17) is 5.40 Å². The van der Waals surface area contributed by atoms with Crippen LogP contribution in [0.2, 0.25) is 11.1 Å². The molecule has 9 heavy (non-hydrogen) atoms. The maximum Gasteiger partial charge on any atom is 0.0772 e. The lowest BCUT2D eigenvalue weighted by molar-refractivity contribution is 0.959. The summed E-state index contributed by atoms with van der Waals surface area (Å²) in [4.78, 5) is 0. The minimum Gasteiger partial charge on any atom is -0.358 e. The Bertz CT molecular complexity index is 65.5. The van der Waals surface area contributed by atoms with Gasteiger partial charge in [0.1, 0.15) is 0 Å². The summed E-state index contributed by atoms with van der Waals surface area (Å²) < 4.78 is 0. The Hall–Kier alpha value is 0.394. The van der Waals surface area contributed by atoms with Crippen LogP contribution < -0.4 is 5.40 Å². The van der Waals surface area contributed by atoms with Gasteiger partial charge in [-0.1, -0.05) is 38.8 Å². The maximum atomic E-state index is 5.78. The minimum atomic E-state index is -0.443. The van der Waals surface area contributed by atoms with Gasteiger partial charge in [-0.15, -0.1) is 0 Å². The molecule has 3 heteroatoms. The van der Waals surface area contributed by atoms with Gasteiger partial charge >= 0.3 is 0 Å². The Morgan fingerprint density at radius 1 is 1.11 bits per heavy atom. The smallest absolute Gasteiger partial charge is 0.0772 e. The highest BCUT2D eigenvalue weighted by atomic mass is 29.2. The van der Waals surface area contributed by atoms with Gasteiger partial charge in [0.15, 0.2) is 0 Å². The van der Waals surface area contributed by atoms with Crippen molar-refractivity contribution in [1.29, 1.82) is 0 Å². The van der Waals surface area contributed by atoms with Crippen LogP contribution in [0, 0.1) is 0 Å². The molecule has 0 heterocycles. The van der Waals surface area contributed by atoms with Crippen molar-refractivity contribution in [3.8, 4) is 0 Å². The van der Waals surface area contributed by atoms with Gasteiger partial charge in [-0.25, -0.2) is 0 Å². The third kappa shape index (κ3) is 3.18. The van der Waals surface area contributed by atoms with E-state index in [-0.39, 0.29) is 9.20 Å². The highest BCUT2D eigenvalue weighted by Crippen LogP contribution is 2.17. The maximum absolute atomic E-state index is 5.78. The molecule has 0 aromatic carbocycles. The second kappa shape index (κ2) is 4.25. The Kier molecular flexibility index (Phi) is 4.43. The van der Waals surface area contributed by atoms with Crippen molar-refractivity contribution in [2.75, 3.05) is 0 Å². The summed E-state index contributed by atoms with van der Waals surface area (Å²) in [6.07, 6.45) is 0. The Morgan fingerprint density at radius 3 is 1.44 bits per heavy atom. The van der Waals surface area contributed by atoms with Crippen molar-refractivity contribution < 1.29 is 0 Å². The summed E-state index contributed by atoms with van der Waals surface area (Å²) in [6, 6.07) is 0. The quantitative estimate of drug-likeness (QED) is 0.602. The van der Waals surface area contributed by atoms with Gasteiger partial charge in [0.25, 0.3) is 0 Å². The molecule has 0 bridgehead atoms. The summed E-state index contributed by atoms with van der Waals surface area (Å²) in [5, 5.41) is 5.78. The van der Waals surface area contributed by atoms with Crippen molar-refractivity contribution in [2.24, 2.45) is 5.40 Å². The molecule has 2 N–H and O–H groups in total. The zero-order valence-electron chi connectivity index (χ0n) is 7.02. The molecule has 0 fully saturated rings. The van der Waals surface area contributed by atoms with Crippen LogP contribution >= 0.6 is 0 Å². The monoisotopic (exact) mass is 161 g/mol. The van der Waals surface area contributed by atoms with E-state index < -0.39 is 8.31 Å². The highest BCUT2D eigenvalue weighted by molar-refractivity contribution is 7.12. The van der Waals surface area contributed by atoms with Crippen LogP contribution in [-0.2, 0) is 0 Å². The SMILES string of the molecule is CC(C)[SiH]([SiH2]N)C(C)C. The van der Waals surface area contributed by atoms with Gasteiger partial charge in [0.05, 0.1) is 9.20 Å². The summed E-state index contributed by atoms with van der Waals surface area (Å²) in [7, 11) is -0.571. The van der Waals surface area contributed by atoms with Crippen molar-refractivity contribution in [3.63, 3.8) is 0 Å². The Labute approximate surface area is 62.3 Å². The minimum absolute atomic E-state index is 0.128. The van der Waals surface area contributed by atoms with E-state index in [1.54, 1.807) is 0 Å². The van der Waals surface area contributed by atoms with Crippen LogP contribution in [0.1, 0.15) is 27.7 Å². The van der Waals surface area contributed by atoms with Gasteiger partial charge in [0.2, 0.25) is 0 Å². The molecule has 0 amide bonds. The molecule has 0 aliphatic heterocycles. The summed E-state index contributed by atoms with van der Waals surface area (Å²) in [6.45, 7) is 9.32. The van der Waals surface area contributed by atoms with E-state index in [2.05, 4.69) is 27.7 Å². The molecule has 0 rings (SSSR count). The lowest BCUT2D eigenvalue weighted by atomic mass is 10.5. The molecule has 0 atom stereocenters. The van der Waals surface area contributed by atoms with Crippen molar-refractivity contribution >= 4 is 17.5 Å². The summed E-state index contributed by atoms with van der Waals surface area (Å²) in [5.41, 5.74) is 1.86. The molecule has 0 saturated carbocycles. The molecule has 56 valence electrons. The number of rotatable bonds is 3. The Balaban J connectivity index is 3.68. The van der Waals surface area contributed by atoms with Crippen molar-refractivity contribution in [2.45, 2.75) is 38.8 Å². The van der Waals surface area contributed by atoms with Crippen LogP contribution in [0.5, 0.6) is 0 Å². The average molecular weight is 161 g/mol. The first kappa shape index (κ1) is 9.39. The highest BCUT2D eigenvalue weighted by Gasteiger charge is 2.16. The van der Waals surface area contributed by atoms with Crippen LogP contribution in [0.25, 0.3) is 0 Å². The van der Waals surface area contributed by atoms with E-state index in [1.165, 1.54) is 0 Å². The van der Waals surface area contributed by atoms with E-state index in [0.717, 1.165) is 11.1 Å². The third-order valence-electron chi connectivity index (χ3n) is 1.98. The number of hydrogen-bond donors (Lipinski definition) is 1. The molecule has 0 aromatic heterocycles. The van der Waals surface area contributed by atoms with E-state index in [9.17, 15) is 0 Å². The first-order valence-electron chi connectivity index (χ1n) is 3.79. The normalized spacial score (nSPS) is 13.3. The van der Waals surface area contributed by atoms with Gasteiger partial charge in [-0.2, -0.15) is 0 Å². The largest absolute Gasteiger partial charge is 0.358 e. The lowest BCUT2D eigenvalue weighted by Crippen LogP contribution is -2.34. The van der Waals surface area contributed by atoms with E-state index >= 15 is 0 Å². The standard InChI is InChI=1S/C6H19NSi2/c1-5(2)9(8-7)6(3)4/h5-6,9H,7-8H2,1-4H3. The summed E-state index contributed by atoms with van der Waals surface area (Å²) in [5.74, 6) is 0. The third-order valence-corrected chi connectivity index (χ3v) is 13.2. The molecule has 0 saturated heterocycles. The van der Waals surface area contributed by atoms with Gasteiger partial charge in [-0.05, 0) is 0 Å². The topological polar surface area (TPSA) is 26.0 Å². The predicted octanol–water partition coefficient (Wildman–Crippen LogP) is 0.573. The first-order chi connectivity index (χ1) is 4.09. The molecule has 0 spiro atoms. The van der Waals surface area contributed by atoms with Crippen molar-refractivity contribution in [1.82, 2.24) is 0 Å². The zero-order valence-corrected chi connectivity index (χ0v) is 9.59. The fourth-order valence-electron chi connectivity index (χ4n) is 1.31. The number of hydrogen-bond acceptors (Lipinski definition) is 1. The molecular formula is C6H19NSi2. The summed E-state index contributed by atoms with van der Waals surface area (Å²) >= 11 is 0. The van der Waals surface area contributed by atoms with Crippen LogP contribution in [0.15, 0.2) is 0 Å². The average Bonchev–Trinajstić information content (AvgIpc) is 1.64. The molecule has 0 aliphatic rings.